The number of halogens is 2. The van der Waals surface area contributed by atoms with E-state index in [1.54, 1.807) is 36.4 Å². The van der Waals surface area contributed by atoms with E-state index in [4.69, 9.17) is 27.9 Å². The topological polar surface area (TPSA) is 58.6 Å². The third-order valence-corrected chi connectivity index (χ3v) is 5.12. The molecule has 134 valence electrons. The van der Waals surface area contributed by atoms with Crippen molar-refractivity contribution in [1.82, 2.24) is 0 Å². The Morgan fingerprint density at radius 3 is 2.31 bits per heavy atom. The van der Waals surface area contributed by atoms with Crippen molar-refractivity contribution in [2.45, 2.75) is 11.4 Å². The first-order valence-electron chi connectivity index (χ1n) is 7.68. The van der Waals surface area contributed by atoms with Crippen LogP contribution in [0.3, 0.4) is 0 Å². The number of rotatable bonds is 6. The van der Waals surface area contributed by atoms with Gasteiger partial charge in [-0.3, -0.25) is 0 Å². The summed E-state index contributed by atoms with van der Waals surface area (Å²) in [6.07, 6.45) is 0. The van der Waals surface area contributed by atoms with Gasteiger partial charge in [0.05, 0.1) is 14.9 Å². The molecule has 0 aliphatic carbocycles. The molecule has 1 unspecified atom stereocenters. The minimum absolute atomic E-state index is 0.329. The Labute approximate surface area is 164 Å². The Morgan fingerprint density at radius 2 is 1.62 bits per heavy atom. The Bertz CT molecular complexity index is 935. The van der Waals surface area contributed by atoms with E-state index in [0.29, 0.717) is 38.5 Å². The van der Waals surface area contributed by atoms with E-state index >= 15 is 0 Å². The monoisotopic (exact) mass is 407 g/mol. The van der Waals surface area contributed by atoms with Crippen LogP contribution in [0.4, 0.5) is 5.69 Å². The number of benzene rings is 3. The van der Waals surface area contributed by atoms with E-state index in [-0.39, 0.29) is 0 Å². The zero-order valence-corrected chi connectivity index (χ0v) is 15.8. The average Bonchev–Trinajstić information content (AvgIpc) is 2.64. The summed E-state index contributed by atoms with van der Waals surface area (Å²) in [5, 5.41) is 4.06. The van der Waals surface area contributed by atoms with Crippen LogP contribution in [-0.2, 0) is 17.6 Å². The lowest BCUT2D eigenvalue weighted by Gasteiger charge is -2.12. The molecular weight excluding hydrogens is 393 g/mol. The quantitative estimate of drug-likeness (QED) is 0.493. The highest BCUT2D eigenvalue weighted by Crippen LogP contribution is 2.30. The maximum absolute atomic E-state index is 11.6. The highest BCUT2D eigenvalue weighted by atomic mass is 35.5. The second-order valence-electron chi connectivity index (χ2n) is 5.42. The van der Waals surface area contributed by atoms with Gasteiger partial charge in [0.15, 0.2) is 11.1 Å². The first-order valence-corrected chi connectivity index (χ1v) is 9.55. The molecule has 4 nitrogen and oxygen atoms in total. The molecule has 0 aliphatic rings. The second-order valence-corrected chi connectivity index (χ2v) is 7.17. The number of anilines is 1. The molecule has 0 aromatic heterocycles. The Morgan fingerprint density at radius 1 is 0.923 bits per heavy atom. The molecule has 0 fully saturated rings. The number of hydrogen-bond acceptors (Lipinski definition) is 3. The number of ether oxygens (including phenoxy) is 1. The van der Waals surface area contributed by atoms with Crippen molar-refractivity contribution in [3.05, 3.63) is 82.3 Å². The number of nitrogens with one attached hydrogen (secondary N) is 1. The molecule has 0 heterocycles. The molecule has 1 atom stereocenters. The van der Waals surface area contributed by atoms with Gasteiger partial charge in [-0.05, 0) is 48.0 Å². The van der Waals surface area contributed by atoms with Crippen molar-refractivity contribution in [2.75, 3.05) is 5.32 Å². The maximum Gasteiger partial charge on any atom is 0.186 e. The van der Waals surface area contributed by atoms with Crippen molar-refractivity contribution in [3.8, 4) is 11.5 Å². The Balaban J connectivity index is 1.83. The van der Waals surface area contributed by atoms with E-state index < -0.39 is 11.1 Å². The van der Waals surface area contributed by atoms with Gasteiger partial charge >= 0.3 is 0 Å². The molecule has 26 heavy (non-hydrogen) atoms. The highest BCUT2D eigenvalue weighted by molar-refractivity contribution is 7.79. The van der Waals surface area contributed by atoms with Crippen molar-refractivity contribution < 1.29 is 13.5 Å². The smallest absolute Gasteiger partial charge is 0.186 e. The lowest BCUT2D eigenvalue weighted by atomic mass is 10.2. The third-order valence-electron chi connectivity index (χ3n) is 3.60. The molecule has 2 N–H and O–H groups in total. The van der Waals surface area contributed by atoms with Gasteiger partial charge in [-0.25, -0.2) is 4.21 Å². The van der Waals surface area contributed by atoms with Crippen molar-refractivity contribution in [2.24, 2.45) is 0 Å². The Kier molecular flexibility index (Phi) is 6.16. The molecule has 0 aliphatic heterocycles. The summed E-state index contributed by atoms with van der Waals surface area (Å²) in [6.45, 7) is 0.379. The number of hydrogen-bond donors (Lipinski definition) is 2. The SMILES string of the molecule is O=S(O)c1ccc(Oc2ccc(Cl)c(Cl)c2)cc1CNc1ccccc1. The van der Waals surface area contributed by atoms with E-state index in [0.717, 1.165) is 5.69 Å². The van der Waals surface area contributed by atoms with Gasteiger partial charge < -0.3 is 14.6 Å². The van der Waals surface area contributed by atoms with Gasteiger partial charge in [0, 0.05) is 18.3 Å². The molecule has 0 bridgehead atoms. The summed E-state index contributed by atoms with van der Waals surface area (Å²) in [5.41, 5.74) is 1.57. The molecular formula is C19H15Cl2NO3S. The van der Waals surface area contributed by atoms with Crippen LogP contribution in [0.25, 0.3) is 0 Å². The summed E-state index contributed by atoms with van der Waals surface area (Å²) in [7, 11) is 0. The van der Waals surface area contributed by atoms with Crippen molar-refractivity contribution in [1.29, 1.82) is 0 Å². The van der Waals surface area contributed by atoms with Gasteiger partial charge in [0.2, 0.25) is 0 Å². The van der Waals surface area contributed by atoms with Crippen LogP contribution in [0.15, 0.2) is 71.6 Å². The van der Waals surface area contributed by atoms with Gasteiger partial charge in [0.25, 0.3) is 0 Å². The Hall–Kier alpha value is -2.05. The molecule has 3 aromatic carbocycles. The predicted octanol–water partition coefficient (Wildman–Crippen LogP) is 5.98. The predicted molar refractivity (Wildman–Crippen MR) is 106 cm³/mol. The number of para-hydroxylation sites is 1. The zero-order valence-electron chi connectivity index (χ0n) is 13.5. The normalized spacial score (nSPS) is 11.8. The van der Waals surface area contributed by atoms with Gasteiger partial charge in [0.1, 0.15) is 11.5 Å². The van der Waals surface area contributed by atoms with Gasteiger partial charge in [-0.2, -0.15) is 0 Å². The van der Waals surface area contributed by atoms with Crippen LogP contribution in [0.1, 0.15) is 5.56 Å². The zero-order chi connectivity index (χ0) is 18.5. The minimum atomic E-state index is -2.09. The lowest BCUT2D eigenvalue weighted by molar-refractivity contribution is 0.481. The van der Waals surface area contributed by atoms with Crippen molar-refractivity contribution >= 4 is 40.0 Å². The van der Waals surface area contributed by atoms with Crippen LogP contribution >= 0.6 is 23.2 Å². The fourth-order valence-electron chi connectivity index (χ4n) is 2.36. The standard InChI is InChI=1S/C19H15Cl2NO3S/c20-17-8-6-16(11-18(17)21)25-15-7-9-19(26(23)24)13(10-15)12-22-14-4-2-1-3-5-14/h1-11,22H,12H2,(H,23,24). The largest absolute Gasteiger partial charge is 0.457 e. The average molecular weight is 408 g/mol. The fraction of sp³-hybridized carbons (Fsp3) is 0.0526. The molecule has 0 spiro atoms. The first-order chi connectivity index (χ1) is 12.5. The highest BCUT2D eigenvalue weighted by Gasteiger charge is 2.11. The fourth-order valence-corrected chi connectivity index (χ4v) is 3.19. The lowest BCUT2D eigenvalue weighted by Crippen LogP contribution is -2.04. The van der Waals surface area contributed by atoms with Crippen LogP contribution in [-0.4, -0.2) is 8.76 Å². The molecule has 3 rings (SSSR count). The molecule has 3 aromatic rings. The summed E-state index contributed by atoms with van der Waals surface area (Å²) in [6, 6.07) is 19.5. The first kappa shape index (κ1) is 18.7. The van der Waals surface area contributed by atoms with Gasteiger partial charge in [-0.15, -0.1) is 0 Å². The summed E-state index contributed by atoms with van der Waals surface area (Å²) in [5.74, 6) is 1.06. The van der Waals surface area contributed by atoms with Crippen LogP contribution in [0.2, 0.25) is 10.0 Å². The third kappa shape index (κ3) is 4.77. The molecule has 0 radical (unpaired) electrons. The second kappa shape index (κ2) is 8.56. The van der Waals surface area contributed by atoms with Crippen LogP contribution < -0.4 is 10.1 Å². The molecule has 0 saturated carbocycles. The van der Waals surface area contributed by atoms with E-state index in [1.807, 2.05) is 30.3 Å². The van der Waals surface area contributed by atoms with Crippen molar-refractivity contribution in [3.63, 3.8) is 0 Å². The van der Waals surface area contributed by atoms with Crippen LogP contribution in [0.5, 0.6) is 11.5 Å². The van der Waals surface area contributed by atoms with E-state index in [1.165, 1.54) is 0 Å². The maximum atomic E-state index is 11.6. The minimum Gasteiger partial charge on any atom is -0.457 e. The van der Waals surface area contributed by atoms with E-state index in [2.05, 4.69) is 5.32 Å². The summed E-state index contributed by atoms with van der Waals surface area (Å²) in [4.78, 5) is 0.329. The molecule has 0 saturated heterocycles. The van der Waals surface area contributed by atoms with Gasteiger partial charge in [-0.1, -0.05) is 41.4 Å². The summed E-state index contributed by atoms with van der Waals surface area (Å²) < 4.78 is 26.9. The summed E-state index contributed by atoms with van der Waals surface area (Å²) >= 11 is 9.81. The molecule has 7 heteroatoms. The molecule has 0 amide bonds. The van der Waals surface area contributed by atoms with E-state index in [9.17, 15) is 8.76 Å². The van der Waals surface area contributed by atoms with Crippen LogP contribution in [0, 0.1) is 0 Å².